The van der Waals surface area contributed by atoms with Gasteiger partial charge in [0.15, 0.2) is 17.3 Å². The molecule has 1 heterocycles. The zero-order chi connectivity index (χ0) is 14.4. The molecule has 0 spiro atoms. The number of rotatable bonds is 7. The van der Waals surface area contributed by atoms with Crippen LogP contribution in [0.15, 0.2) is 35.7 Å². The van der Waals surface area contributed by atoms with Gasteiger partial charge in [0.25, 0.3) is 0 Å². The summed E-state index contributed by atoms with van der Waals surface area (Å²) in [5, 5.41) is 1.92. The van der Waals surface area contributed by atoms with E-state index in [9.17, 15) is 4.79 Å². The Morgan fingerprint density at radius 3 is 2.75 bits per heavy atom. The van der Waals surface area contributed by atoms with Crippen LogP contribution >= 0.6 is 11.3 Å². The molecule has 0 atom stereocenters. The number of ether oxygens (including phenoxy) is 2. The van der Waals surface area contributed by atoms with Crippen LogP contribution in [-0.4, -0.2) is 19.5 Å². The van der Waals surface area contributed by atoms with Gasteiger partial charge in [-0.1, -0.05) is 18.2 Å². The van der Waals surface area contributed by atoms with E-state index in [4.69, 9.17) is 9.47 Å². The topological polar surface area (TPSA) is 35.5 Å². The Morgan fingerprint density at radius 2 is 2.10 bits per heavy atom. The van der Waals surface area contributed by atoms with E-state index in [1.807, 2.05) is 42.6 Å². The second-order valence-electron chi connectivity index (χ2n) is 4.28. The first kappa shape index (κ1) is 14.6. The monoisotopic (exact) mass is 290 g/mol. The van der Waals surface area contributed by atoms with Gasteiger partial charge in [-0.15, -0.1) is 11.3 Å². The molecule has 0 radical (unpaired) electrons. The minimum absolute atomic E-state index is 0.172. The minimum atomic E-state index is 0.172. The highest BCUT2D eigenvalue weighted by Crippen LogP contribution is 2.32. The molecule has 0 saturated carbocycles. The number of Topliss-reactive ketones (excluding diaryl/α,β-unsaturated/α-hetero) is 1. The molecule has 0 N–H and O–H groups in total. The van der Waals surface area contributed by atoms with Crippen LogP contribution in [0.2, 0.25) is 0 Å². The van der Waals surface area contributed by atoms with Crippen LogP contribution < -0.4 is 9.47 Å². The predicted octanol–water partition coefficient (Wildman–Crippen LogP) is 3.97. The maximum absolute atomic E-state index is 12.0. The van der Waals surface area contributed by atoms with Crippen LogP contribution in [0.3, 0.4) is 0 Å². The van der Waals surface area contributed by atoms with Gasteiger partial charge < -0.3 is 9.47 Å². The maximum Gasteiger partial charge on any atom is 0.173 e. The number of hydrogen-bond acceptors (Lipinski definition) is 4. The maximum atomic E-state index is 12.0. The molecule has 0 bridgehead atoms. The van der Waals surface area contributed by atoms with Crippen molar-refractivity contribution >= 4 is 17.1 Å². The Hall–Kier alpha value is -1.81. The molecule has 3 nitrogen and oxygen atoms in total. The van der Waals surface area contributed by atoms with Gasteiger partial charge in [-0.3, -0.25) is 4.79 Å². The molecular weight excluding hydrogens is 272 g/mol. The fourth-order valence-electron chi connectivity index (χ4n) is 2.04. The van der Waals surface area contributed by atoms with Gasteiger partial charge in [0.05, 0.1) is 18.6 Å². The highest BCUT2D eigenvalue weighted by molar-refractivity contribution is 7.12. The zero-order valence-electron chi connectivity index (χ0n) is 11.7. The SMILES string of the molecule is CCOc1c(CCC(=O)c2cccs2)cccc1OC. The van der Waals surface area contributed by atoms with Gasteiger partial charge in [0, 0.05) is 6.42 Å². The number of hydrogen-bond donors (Lipinski definition) is 0. The first-order chi connectivity index (χ1) is 9.76. The van der Waals surface area contributed by atoms with E-state index in [0.717, 1.165) is 16.2 Å². The minimum Gasteiger partial charge on any atom is -0.493 e. The lowest BCUT2D eigenvalue weighted by Gasteiger charge is -2.13. The van der Waals surface area contributed by atoms with Gasteiger partial charge in [-0.05, 0) is 36.4 Å². The van der Waals surface area contributed by atoms with Crippen molar-refractivity contribution in [1.29, 1.82) is 0 Å². The molecule has 0 amide bonds. The first-order valence-electron chi connectivity index (χ1n) is 6.61. The molecule has 106 valence electrons. The average molecular weight is 290 g/mol. The van der Waals surface area contributed by atoms with Crippen molar-refractivity contribution in [1.82, 2.24) is 0 Å². The fraction of sp³-hybridized carbons (Fsp3) is 0.312. The van der Waals surface area contributed by atoms with Gasteiger partial charge >= 0.3 is 0 Å². The normalized spacial score (nSPS) is 10.3. The number of carbonyl (C=O) groups is 1. The van der Waals surface area contributed by atoms with Crippen molar-refractivity contribution in [2.24, 2.45) is 0 Å². The summed E-state index contributed by atoms with van der Waals surface area (Å²) in [5.41, 5.74) is 1.01. The van der Waals surface area contributed by atoms with Gasteiger partial charge in [-0.2, -0.15) is 0 Å². The largest absolute Gasteiger partial charge is 0.493 e. The van der Waals surface area contributed by atoms with E-state index in [0.29, 0.717) is 25.2 Å². The van der Waals surface area contributed by atoms with Crippen molar-refractivity contribution in [2.45, 2.75) is 19.8 Å². The Kier molecular flexibility index (Phi) is 5.18. The lowest BCUT2D eigenvalue weighted by atomic mass is 10.1. The Morgan fingerprint density at radius 1 is 1.25 bits per heavy atom. The molecule has 1 aromatic heterocycles. The molecule has 0 fully saturated rings. The number of carbonyl (C=O) groups excluding carboxylic acids is 1. The van der Waals surface area contributed by atoms with E-state index in [1.54, 1.807) is 7.11 Å². The summed E-state index contributed by atoms with van der Waals surface area (Å²) in [6.07, 6.45) is 1.14. The van der Waals surface area contributed by atoms with E-state index in [-0.39, 0.29) is 5.78 Å². The summed E-state index contributed by atoms with van der Waals surface area (Å²) in [6.45, 7) is 2.51. The highest BCUT2D eigenvalue weighted by Gasteiger charge is 2.13. The number of thiophene rings is 1. The zero-order valence-corrected chi connectivity index (χ0v) is 12.5. The van der Waals surface area contributed by atoms with E-state index in [2.05, 4.69) is 0 Å². The van der Waals surface area contributed by atoms with Crippen molar-refractivity contribution in [2.75, 3.05) is 13.7 Å². The molecule has 2 rings (SSSR count). The van der Waals surface area contributed by atoms with Crippen LogP contribution in [0.4, 0.5) is 0 Å². The summed E-state index contributed by atoms with van der Waals surface area (Å²) in [4.78, 5) is 12.9. The molecule has 20 heavy (non-hydrogen) atoms. The van der Waals surface area contributed by atoms with Crippen LogP contribution in [0.25, 0.3) is 0 Å². The molecule has 0 saturated heterocycles. The fourth-order valence-corrected chi connectivity index (χ4v) is 2.73. The van der Waals surface area contributed by atoms with Gasteiger partial charge in [-0.25, -0.2) is 0 Å². The summed E-state index contributed by atoms with van der Waals surface area (Å²) >= 11 is 1.48. The van der Waals surface area contributed by atoms with Gasteiger partial charge in [0.1, 0.15) is 0 Å². The molecule has 0 aliphatic rings. The average Bonchev–Trinajstić information content (AvgIpc) is 3.00. The number of para-hydroxylation sites is 1. The van der Waals surface area contributed by atoms with Crippen molar-refractivity contribution in [3.63, 3.8) is 0 Å². The predicted molar refractivity (Wildman–Crippen MR) is 81.1 cm³/mol. The smallest absolute Gasteiger partial charge is 0.173 e. The quantitative estimate of drug-likeness (QED) is 0.724. The number of methoxy groups -OCH3 is 1. The summed E-state index contributed by atoms with van der Waals surface area (Å²) < 4.78 is 11.0. The molecule has 1 aromatic carbocycles. The van der Waals surface area contributed by atoms with Crippen LogP contribution in [0.1, 0.15) is 28.6 Å². The number of ketones is 1. The molecule has 0 aliphatic heterocycles. The van der Waals surface area contributed by atoms with Crippen molar-refractivity contribution in [3.05, 3.63) is 46.2 Å². The molecule has 0 aliphatic carbocycles. The third-order valence-corrected chi connectivity index (χ3v) is 3.90. The summed E-state index contributed by atoms with van der Waals surface area (Å²) in [5.74, 6) is 1.63. The number of aryl methyl sites for hydroxylation is 1. The van der Waals surface area contributed by atoms with Gasteiger partial charge in [0.2, 0.25) is 0 Å². The molecule has 2 aromatic rings. The first-order valence-corrected chi connectivity index (χ1v) is 7.49. The molecule has 4 heteroatoms. The van der Waals surface area contributed by atoms with E-state index in [1.165, 1.54) is 11.3 Å². The Labute approximate surface area is 123 Å². The highest BCUT2D eigenvalue weighted by atomic mass is 32.1. The second-order valence-corrected chi connectivity index (χ2v) is 5.23. The number of benzene rings is 1. The Bertz CT molecular complexity index is 561. The van der Waals surface area contributed by atoms with Crippen molar-refractivity contribution < 1.29 is 14.3 Å². The van der Waals surface area contributed by atoms with E-state index < -0.39 is 0 Å². The Balaban J connectivity index is 2.10. The van der Waals surface area contributed by atoms with Crippen molar-refractivity contribution in [3.8, 4) is 11.5 Å². The molecular formula is C16H18O3S. The lowest BCUT2D eigenvalue weighted by Crippen LogP contribution is -2.03. The standard InChI is InChI=1S/C16H18O3S/c1-3-19-16-12(6-4-7-14(16)18-2)9-10-13(17)15-8-5-11-20-15/h4-8,11H,3,9-10H2,1-2H3. The second kappa shape index (κ2) is 7.10. The van der Waals surface area contributed by atoms with Crippen LogP contribution in [-0.2, 0) is 6.42 Å². The van der Waals surface area contributed by atoms with Crippen LogP contribution in [0.5, 0.6) is 11.5 Å². The summed E-state index contributed by atoms with van der Waals surface area (Å²) in [6, 6.07) is 9.54. The summed E-state index contributed by atoms with van der Waals surface area (Å²) in [7, 11) is 1.62. The lowest BCUT2D eigenvalue weighted by molar-refractivity contribution is 0.0986. The van der Waals surface area contributed by atoms with E-state index >= 15 is 0 Å². The third kappa shape index (κ3) is 3.39. The van der Waals surface area contributed by atoms with Crippen LogP contribution in [0, 0.1) is 0 Å². The third-order valence-electron chi connectivity index (χ3n) is 2.99. The molecule has 0 unspecified atom stereocenters.